The van der Waals surface area contributed by atoms with Crippen molar-refractivity contribution >= 4 is 21.6 Å². The summed E-state index contributed by atoms with van der Waals surface area (Å²) in [6.07, 6.45) is 3.46. The van der Waals surface area contributed by atoms with Gasteiger partial charge in [0.1, 0.15) is 0 Å². The van der Waals surface area contributed by atoms with Crippen LogP contribution in [0, 0.1) is 0 Å². The van der Waals surface area contributed by atoms with E-state index in [9.17, 15) is 13.2 Å². The van der Waals surface area contributed by atoms with E-state index >= 15 is 0 Å². The van der Waals surface area contributed by atoms with Gasteiger partial charge in [-0.2, -0.15) is 0 Å². The molecule has 5 nitrogen and oxygen atoms in total. The van der Waals surface area contributed by atoms with Gasteiger partial charge in [-0.3, -0.25) is 9.52 Å². The summed E-state index contributed by atoms with van der Waals surface area (Å²) in [5, 5.41) is 3.00. The highest BCUT2D eigenvalue weighted by Crippen LogP contribution is 2.25. The highest BCUT2D eigenvalue weighted by molar-refractivity contribution is 7.92. The van der Waals surface area contributed by atoms with Crippen molar-refractivity contribution in [3.05, 3.63) is 64.7 Å². The molecule has 138 valence electrons. The van der Waals surface area contributed by atoms with Gasteiger partial charge in [0.15, 0.2) is 0 Å². The second-order valence-electron chi connectivity index (χ2n) is 6.66. The topological polar surface area (TPSA) is 75.3 Å². The van der Waals surface area contributed by atoms with Gasteiger partial charge in [0.25, 0.3) is 5.91 Å². The number of hydrogen-bond donors (Lipinski definition) is 2. The van der Waals surface area contributed by atoms with Crippen LogP contribution in [0.4, 0.5) is 5.69 Å². The van der Waals surface area contributed by atoms with E-state index in [0.717, 1.165) is 18.4 Å². The van der Waals surface area contributed by atoms with Gasteiger partial charge in [-0.15, -0.1) is 0 Å². The number of anilines is 1. The summed E-state index contributed by atoms with van der Waals surface area (Å²) in [5.41, 5.74) is 4.85. The minimum atomic E-state index is -3.32. The molecule has 0 spiro atoms. The molecule has 2 aromatic rings. The maximum Gasteiger partial charge on any atom is 0.251 e. The smallest absolute Gasteiger partial charge is 0.251 e. The maximum absolute atomic E-state index is 12.5. The fourth-order valence-electron chi connectivity index (χ4n) is 3.17. The Hall–Kier alpha value is -2.34. The molecular weight excluding hydrogens is 348 g/mol. The van der Waals surface area contributed by atoms with Crippen LogP contribution in [-0.4, -0.2) is 20.1 Å². The van der Waals surface area contributed by atoms with Gasteiger partial charge in [0.2, 0.25) is 10.0 Å². The van der Waals surface area contributed by atoms with Crippen LogP contribution in [0.1, 0.15) is 53.4 Å². The highest BCUT2D eigenvalue weighted by atomic mass is 32.2. The number of carbonyl (C=O) groups excluding carboxylic acids is 1. The number of amides is 1. The molecule has 1 aliphatic rings. The normalized spacial score (nSPS) is 14.5. The second-order valence-corrected chi connectivity index (χ2v) is 8.67. The quantitative estimate of drug-likeness (QED) is 0.816. The third-order valence-corrected chi connectivity index (χ3v) is 6.08. The number of nitrogens with one attached hydrogen (secondary N) is 2. The van der Waals surface area contributed by atoms with E-state index in [-0.39, 0.29) is 17.7 Å². The minimum absolute atomic E-state index is 0.00747. The SMILES string of the molecule is CCS(=O)(=O)Nc1ccc(C(=O)N[C@H](C)c2ccc3c(c2)CCC3)cc1. The predicted molar refractivity (Wildman–Crippen MR) is 104 cm³/mol. The van der Waals surface area contributed by atoms with Crippen molar-refractivity contribution in [2.45, 2.75) is 39.2 Å². The number of hydrogen-bond acceptors (Lipinski definition) is 3. The molecule has 26 heavy (non-hydrogen) atoms. The van der Waals surface area contributed by atoms with Gasteiger partial charge in [-0.25, -0.2) is 8.42 Å². The molecular formula is C20H24N2O3S. The number of sulfonamides is 1. The Kier molecular flexibility index (Phi) is 5.32. The van der Waals surface area contributed by atoms with Crippen molar-refractivity contribution in [1.29, 1.82) is 0 Å². The van der Waals surface area contributed by atoms with E-state index in [1.807, 2.05) is 6.92 Å². The standard InChI is InChI=1S/C20H24N2O3S/c1-3-26(24,25)22-19-11-9-16(10-12-19)20(23)21-14(2)17-8-7-15-5-4-6-18(15)13-17/h7-14,22H,3-6H2,1-2H3,(H,21,23)/t14-/m1/s1. The molecule has 2 aromatic carbocycles. The first-order chi connectivity index (χ1) is 12.4. The van der Waals surface area contributed by atoms with Crippen LogP contribution in [0.5, 0.6) is 0 Å². The van der Waals surface area contributed by atoms with Crippen molar-refractivity contribution < 1.29 is 13.2 Å². The monoisotopic (exact) mass is 372 g/mol. The molecule has 0 aromatic heterocycles. The Morgan fingerprint density at radius 3 is 2.46 bits per heavy atom. The van der Waals surface area contributed by atoms with E-state index < -0.39 is 10.0 Å². The van der Waals surface area contributed by atoms with Gasteiger partial charge in [-0.05, 0) is 74.1 Å². The third-order valence-electron chi connectivity index (χ3n) is 4.77. The number of aryl methyl sites for hydroxylation is 2. The summed E-state index contributed by atoms with van der Waals surface area (Å²) in [6, 6.07) is 12.8. The first-order valence-corrected chi connectivity index (χ1v) is 10.6. The number of benzene rings is 2. The lowest BCUT2D eigenvalue weighted by Gasteiger charge is -2.16. The molecule has 0 aliphatic heterocycles. The summed E-state index contributed by atoms with van der Waals surface area (Å²) < 4.78 is 25.6. The van der Waals surface area contributed by atoms with E-state index in [1.54, 1.807) is 31.2 Å². The van der Waals surface area contributed by atoms with E-state index in [0.29, 0.717) is 11.3 Å². The van der Waals surface area contributed by atoms with Gasteiger partial charge < -0.3 is 5.32 Å². The Labute approximate surface area is 154 Å². The van der Waals surface area contributed by atoms with Gasteiger partial charge in [0.05, 0.1) is 11.8 Å². The maximum atomic E-state index is 12.5. The molecule has 0 fully saturated rings. The lowest BCUT2D eigenvalue weighted by atomic mass is 10.0. The lowest BCUT2D eigenvalue weighted by Crippen LogP contribution is -2.26. The van der Waals surface area contributed by atoms with Crippen LogP contribution in [-0.2, 0) is 22.9 Å². The molecule has 0 unspecified atom stereocenters. The molecule has 6 heteroatoms. The van der Waals surface area contributed by atoms with E-state index in [2.05, 4.69) is 28.2 Å². The summed E-state index contributed by atoms with van der Waals surface area (Å²) in [6.45, 7) is 3.54. The molecule has 2 N–H and O–H groups in total. The zero-order valence-corrected chi connectivity index (χ0v) is 15.9. The zero-order chi connectivity index (χ0) is 18.7. The van der Waals surface area contributed by atoms with Crippen LogP contribution in [0.2, 0.25) is 0 Å². The van der Waals surface area contributed by atoms with Crippen LogP contribution in [0.3, 0.4) is 0 Å². The average molecular weight is 372 g/mol. The molecule has 0 radical (unpaired) electrons. The molecule has 0 saturated heterocycles. The number of rotatable bonds is 6. The fraction of sp³-hybridized carbons (Fsp3) is 0.350. The predicted octanol–water partition coefficient (Wildman–Crippen LogP) is 3.43. The molecule has 1 atom stereocenters. The Morgan fingerprint density at radius 2 is 1.77 bits per heavy atom. The van der Waals surface area contributed by atoms with E-state index in [1.165, 1.54) is 17.5 Å². The minimum Gasteiger partial charge on any atom is -0.346 e. The van der Waals surface area contributed by atoms with Crippen LogP contribution in [0.25, 0.3) is 0 Å². The first-order valence-electron chi connectivity index (χ1n) is 8.91. The van der Waals surface area contributed by atoms with Crippen molar-refractivity contribution in [3.8, 4) is 0 Å². The summed E-state index contributed by atoms with van der Waals surface area (Å²) in [4.78, 5) is 12.5. The molecule has 0 bridgehead atoms. The van der Waals surface area contributed by atoms with Crippen molar-refractivity contribution in [1.82, 2.24) is 5.32 Å². The highest BCUT2D eigenvalue weighted by Gasteiger charge is 2.16. The van der Waals surface area contributed by atoms with Gasteiger partial charge >= 0.3 is 0 Å². The Morgan fingerprint density at radius 1 is 1.08 bits per heavy atom. The number of carbonyl (C=O) groups is 1. The number of fused-ring (bicyclic) bond motifs is 1. The van der Waals surface area contributed by atoms with Crippen molar-refractivity contribution in [2.75, 3.05) is 10.5 Å². The van der Waals surface area contributed by atoms with Gasteiger partial charge in [-0.1, -0.05) is 18.2 Å². The molecule has 0 saturated carbocycles. The second kappa shape index (κ2) is 7.50. The van der Waals surface area contributed by atoms with E-state index in [4.69, 9.17) is 0 Å². The molecule has 1 aliphatic carbocycles. The zero-order valence-electron chi connectivity index (χ0n) is 15.1. The summed E-state index contributed by atoms with van der Waals surface area (Å²) in [5.74, 6) is -0.170. The molecule has 1 amide bonds. The van der Waals surface area contributed by atoms with Crippen LogP contribution >= 0.6 is 0 Å². The largest absolute Gasteiger partial charge is 0.346 e. The van der Waals surface area contributed by atoms with Crippen LogP contribution < -0.4 is 10.0 Å². The third kappa shape index (κ3) is 4.25. The van der Waals surface area contributed by atoms with Gasteiger partial charge in [0, 0.05) is 11.3 Å². The Balaban J connectivity index is 1.66. The van der Waals surface area contributed by atoms with Crippen LogP contribution in [0.15, 0.2) is 42.5 Å². The van der Waals surface area contributed by atoms with Crippen molar-refractivity contribution in [3.63, 3.8) is 0 Å². The van der Waals surface area contributed by atoms with Crippen molar-refractivity contribution in [2.24, 2.45) is 0 Å². The molecule has 3 rings (SSSR count). The summed E-state index contributed by atoms with van der Waals surface area (Å²) >= 11 is 0. The lowest BCUT2D eigenvalue weighted by molar-refractivity contribution is 0.0940. The average Bonchev–Trinajstić information content (AvgIpc) is 3.09. The fourth-order valence-corrected chi connectivity index (χ4v) is 3.81. The first kappa shape index (κ1) is 18.5. The molecule has 0 heterocycles. The summed E-state index contributed by atoms with van der Waals surface area (Å²) in [7, 11) is -3.32. The Bertz CT molecular complexity index is 905.